The van der Waals surface area contributed by atoms with Crippen molar-refractivity contribution in [1.29, 1.82) is 0 Å². The van der Waals surface area contributed by atoms with Crippen LogP contribution in [-0.2, 0) is 4.74 Å². The van der Waals surface area contributed by atoms with Gasteiger partial charge in [0, 0.05) is 17.7 Å². The highest BCUT2D eigenvalue weighted by Crippen LogP contribution is 2.05. The number of hydrogen-bond acceptors (Lipinski definition) is 1. The Morgan fingerprint density at radius 1 is 1.08 bits per heavy atom. The van der Waals surface area contributed by atoms with E-state index in [0.29, 0.717) is 0 Å². The molecule has 12 heavy (non-hydrogen) atoms. The van der Waals surface area contributed by atoms with E-state index < -0.39 is 0 Å². The lowest BCUT2D eigenvalue weighted by Gasteiger charge is -1.86. The zero-order chi connectivity index (χ0) is 9.23. The molecule has 0 aliphatic heterocycles. The lowest BCUT2D eigenvalue weighted by Crippen LogP contribution is -1.84. The van der Waals surface area contributed by atoms with Crippen molar-refractivity contribution in [3.63, 3.8) is 0 Å². The molecule has 0 N–H and O–H groups in total. The standard InChI is InChI=1S/C6H5Br.C4H10O/c7-6-4-2-1-3-5-6;1-3-5-4-2/h1-5H;3-4H2,1-2H3. The average molecular weight is 231 g/mol. The van der Waals surface area contributed by atoms with E-state index in [4.69, 9.17) is 4.74 Å². The highest BCUT2D eigenvalue weighted by Gasteiger charge is 1.74. The molecule has 68 valence electrons. The van der Waals surface area contributed by atoms with Crippen LogP contribution in [0.15, 0.2) is 34.8 Å². The van der Waals surface area contributed by atoms with Crippen LogP contribution in [0.4, 0.5) is 0 Å². The first-order valence-corrected chi connectivity index (χ1v) is 4.88. The van der Waals surface area contributed by atoms with Gasteiger partial charge in [-0.25, -0.2) is 0 Å². The molecule has 0 aliphatic carbocycles. The van der Waals surface area contributed by atoms with Gasteiger partial charge in [0.1, 0.15) is 0 Å². The predicted octanol–water partition coefficient (Wildman–Crippen LogP) is 3.49. The highest BCUT2D eigenvalue weighted by atomic mass is 79.9. The molecular weight excluding hydrogens is 216 g/mol. The fraction of sp³-hybridized carbons (Fsp3) is 0.400. The zero-order valence-corrected chi connectivity index (χ0v) is 9.17. The van der Waals surface area contributed by atoms with E-state index in [1.807, 2.05) is 44.2 Å². The topological polar surface area (TPSA) is 9.23 Å². The van der Waals surface area contributed by atoms with E-state index in [9.17, 15) is 0 Å². The summed E-state index contributed by atoms with van der Waals surface area (Å²) < 4.78 is 5.97. The molecule has 1 nitrogen and oxygen atoms in total. The van der Waals surface area contributed by atoms with E-state index in [1.165, 1.54) is 0 Å². The molecule has 0 saturated carbocycles. The second-order valence-corrected chi connectivity index (χ2v) is 2.99. The molecule has 0 spiro atoms. The first kappa shape index (κ1) is 11.7. The van der Waals surface area contributed by atoms with Crippen LogP contribution in [0, 0.1) is 0 Å². The van der Waals surface area contributed by atoms with E-state index >= 15 is 0 Å². The van der Waals surface area contributed by atoms with Crippen LogP contribution in [0.3, 0.4) is 0 Å². The van der Waals surface area contributed by atoms with Gasteiger partial charge in [-0.1, -0.05) is 34.1 Å². The molecule has 1 rings (SSSR count). The van der Waals surface area contributed by atoms with Gasteiger partial charge in [-0.2, -0.15) is 0 Å². The van der Waals surface area contributed by atoms with Crippen molar-refractivity contribution in [2.45, 2.75) is 13.8 Å². The van der Waals surface area contributed by atoms with Crippen molar-refractivity contribution in [1.82, 2.24) is 0 Å². The Bertz CT molecular complexity index is 172. The summed E-state index contributed by atoms with van der Waals surface area (Å²) in [6, 6.07) is 9.97. The number of ether oxygens (including phenoxy) is 1. The van der Waals surface area contributed by atoms with Crippen molar-refractivity contribution in [2.24, 2.45) is 0 Å². The summed E-state index contributed by atoms with van der Waals surface area (Å²) in [5, 5.41) is 0. The lowest BCUT2D eigenvalue weighted by atomic mass is 10.4. The molecule has 0 radical (unpaired) electrons. The third kappa shape index (κ3) is 7.76. The molecule has 0 unspecified atom stereocenters. The summed E-state index contributed by atoms with van der Waals surface area (Å²) in [5.41, 5.74) is 0. The first-order valence-electron chi connectivity index (χ1n) is 4.09. The van der Waals surface area contributed by atoms with Crippen molar-refractivity contribution in [2.75, 3.05) is 13.2 Å². The lowest BCUT2D eigenvalue weighted by molar-refractivity contribution is 0.162. The van der Waals surface area contributed by atoms with E-state index in [-0.39, 0.29) is 0 Å². The Morgan fingerprint density at radius 3 is 1.75 bits per heavy atom. The summed E-state index contributed by atoms with van der Waals surface area (Å²) in [4.78, 5) is 0. The van der Waals surface area contributed by atoms with Crippen LogP contribution >= 0.6 is 15.9 Å². The van der Waals surface area contributed by atoms with E-state index in [0.717, 1.165) is 17.7 Å². The van der Waals surface area contributed by atoms with Crippen molar-refractivity contribution in [3.05, 3.63) is 34.8 Å². The monoisotopic (exact) mass is 230 g/mol. The van der Waals surface area contributed by atoms with Gasteiger partial charge >= 0.3 is 0 Å². The maximum atomic E-state index is 4.83. The number of rotatable bonds is 2. The molecule has 0 fully saturated rings. The maximum Gasteiger partial charge on any atom is 0.0437 e. The van der Waals surface area contributed by atoms with E-state index in [1.54, 1.807) is 0 Å². The molecule has 0 aliphatic rings. The maximum absolute atomic E-state index is 4.83. The first-order chi connectivity index (χ1) is 5.81. The fourth-order valence-electron chi connectivity index (χ4n) is 0.619. The van der Waals surface area contributed by atoms with Gasteiger partial charge in [0.25, 0.3) is 0 Å². The van der Waals surface area contributed by atoms with Crippen LogP contribution in [0.5, 0.6) is 0 Å². The normalized spacial score (nSPS) is 8.58. The molecule has 0 atom stereocenters. The molecule has 0 heterocycles. The van der Waals surface area contributed by atoms with Crippen molar-refractivity contribution >= 4 is 15.9 Å². The van der Waals surface area contributed by atoms with Crippen LogP contribution < -0.4 is 0 Å². The minimum absolute atomic E-state index is 0.844. The average Bonchev–Trinajstić information content (AvgIpc) is 2.08. The molecule has 0 aromatic heterocycles. The Kier molecular flexibility index (Phi) is 8.51. The zero-order valence-electron chi connectivity index (χ0n) is 7.59. The molecule has 1 aromatic carbocycles. The number of hydrogen-bond donors (Lipinski definition) is 0. The second kappa shape index (κ2) is 8.75. The Labute approximate surface area is 82.9 Å². The third-order valence-corrected chi connectivity index (χ3v) is 1.67. The summed E-state index contributed by atoms with van der Waals surface area (Å²) in [6.07, 6.45) is 0. The summed E-state index contributed by atoms with van der Waals surface area (Å²) in [6.45, 7) is 5.67. The second-order valence-electron chi connectivity index (χ2n) is 2.08. The van der Waals surface area contributed by atoms with Crippen molar-refractivity contribution < 1.29 is 4.74 Å². The van der Waals surface area contributed by atoms with Gasteiger partial charge in [0.05, 0.1) is 0 Å². The molecular formula is C10H15BrO. The largest absolute Gasteiger partial charge is 0.382 e. The summed E-state index contributed by atoms with van der Waals surface area (Å²) in [7, 11) is 0. The predicted molar refractivity (Wildman–Crippen MR) is 56.3 cm³/mol. The summed E-state index contributed by atoms with van der Waals surface area (Å²) in [5.74, 6) is 0. The number of benzene rings is 1. The van der Waals surface area contributed by atoms with Gasteiger partial charge in [0.2, 0.25) is 0 Å². The van der Waals surface area contributed by atoms with Crippen molar-refractivity contribution in [3.8, 4) is 0 Å². The highest BCUT2D eigenvalue weighted by molar-refractivity contribution is 9.10. The minimum Gasteiger partial charge on any atom is -0.382 e. The minimum atomic E-state index is 0.844. The van der Waals surface area contributed by atoms with Crippen LogP contribution in [0.1, 0.15) is 13.8 Å². The van der Waals surface area contributed by atoms with Crippen LogP contribution in [0.2, 0.25) is 0 Å². The number of halogens is 1. The fourth-order valence-corrected chi connectivity index (χ4v) is 0.924. The van der Waals surface area contributed by atoms with Crippen LogP contribution in [0.25, 0.3) is 0 Å². The summed E-state index contributed by atoms with van der Waals surface area (Å²) >= 11 is 3.31. The quantitative estimate of drug-likeness (QED) is 0.756. The molecule has 1 aromatic rings. The van der Waals surface area contributed by atoms with Crippen LogP contribution in [-0.4, -0.2) is 13.2 Å². The van der Waals surface area contributed by atoms with Gasteiger partial charge in [-0.3, -0.25) is 0 Å². The smallest absolute Gasteiger partial charge is 0.0437 e. The molecule has 0 amide bonds. The Balaban J connectivity index is 0.000000217. The van der Waals surface area contributed by atoms with Gasteiger partial charge in [-0.15, -0.1) is 0 Å². The SMILES string of the molecule is Brc1ccccc1.CCOCC. The van der Waals surface area contributed by atoms with Gasteiger partial charge in [-0.05, 0) is 26.0 Å². The molecule has 2 heteroatoms. The van der Waals surface area contributed by atoms with Gasteiger partial charge < -0.3 is 4.74 Å². The Morgan fingerprint density at radius 2 is 1.58 bits per heavy atom. The molecule has 0 saturated heterocycles. The third-order valence-electron chi connectivity index (χ3n) is 1.14. The van der Waals surface area contributed by atoms with Gasteiger partial charge in [0.15, 0.2) is 0 Å². The molecule has 0 bridgehead atoms. The van der Waals surface area contributed by atoms with E-state index in [2.05, 4.69) is 15.9 Å². The Hall–Kier alpha value is -0.340.